The van der Waals surface area contributed by atoms with Crippen molar-refractivity contribution in [2.24, 2.45) is 23.2 Å². The molecule has 1 N–H and O–H groups in total. The Hall–Kier alpha value is -1.94. The number of benzene rings is 1. The summed E-state index contributed by atoms with van der Waals surface area (Å²) in [4.78, 5) is 21.3. The van der Waals surface area contributed by atoms with Gasteiger partial charge in [-0.3, -0.25) is 14.8 Å². The number of halogens is 1. The second-order valence-corrected chi connectivity index (χ2v) is 9.29. The van der Waals surface area contributed by atoms with Crippen LogP contribution in [0, 0.1) is 23.2 Å². The molecule has 0 radical (unpaired) electrons. The highest BCUT2D eigenvalue weighted by atomic mass is 35.5. The highest BCUT2D eigenvalue weighted by Crippen LogP contribution is 2.59. The third kappa shape index (κ3) is 3.25. The van der Waals surface area contributed by atoms with Crippen molar-refractivity contribution in [2.75, 3.05) is 6.54 Å². The standard InChI is InChI=1S/C22H24ClN3O/c23-19-2-1-17(20-12-24-3-4-25-20)8-18(19)21(27)26-13-22-9-14-5-15(10-22)7-16(6-14)11-22/h1-4,8,12,14-16H,5-7,9-11,13H2,(H,26,27). The van der Waals surface area contributed by atoms with Gasteiger partial charge in [-0.25, -0.2) is 0 Å². The van der Waals surface area contributed by atoms with Gasteiger partial charge in [0.1, 0.15) is 0 Å². The Labute approximate surface area is 164 Å². The molecular weight excluding hydrogens is 358 g/mol. The maximum absolute atomic E-state index is 12.9. The van der Waals surface area contributed by atoms with Crippen LogP contribution in [0.25, 0.3) is 11.3 Å². The first kappa shape index (κ1) is 17.2. The topological polar surface area (TPSA) is 54.9 Å². The van der Waals surface area contributed by atoms with Crippen molar-refractivity contribution in [2.45, 2.75) is 38.5 Å². The summed E-state index contributed by atoms with van der Waals surface area (Å²) in [7, 11) is 0. The van der Waals surface area contributed by atoms with Crippen LogP contribution in [0.4, 0.5) is 0 Å². The molecule has 140 valence electrons. The minimum atomic E-state index is -0.0820. The zero-order valence-electron chi connectivity index (χ0n) is 15.3. The van der Waals surface area contributed by atoms with E-state index in [0.29, 0.717) is 16.0 Å². The predicted molar refractivity (Wildman–Crippen MR) is 105 cm³/mol. The maximum Gasteiger partial charge on any atom is 0.252 e. The fourth-order valence-corrected chi connectivity index (χ4v) is 6.38. The lowest BCUT2D eigenvalue weighted by molar-refractivity contribution is -0.0503. The van der Waals surface area contributed by atoms with E-state index in [1.807, 2.05) is 12.1 Å². The first-order valence-electron chi connectivity index (χ1n) is 9.94. The number of hydrogen-bond donors (Lipinski definition) is 1. The molecule has 0 saturated heterocycles. The van der Waals surface area contributed by atoms with Gasteiger partial charge in [0.05, 0.1) is 22.5 Å². The summed E-state index contributed by atoms with van der Waals surface area (Å²) < 4.78 is 0. The van der Waals surface area contributed by atoms with Crippen molar-refractivity contribution in [3.05, 3.63) is 47.4 Å². The predicted octanol–water partition coefficient (Wildman–Crippen LogP) is 4.74. The molecule has 5 heteroatoms. The van der Waals surface area contributed by atoms with E-state index in [1.165, 1.54) is 38.5 Å². The SMILES string of the molecule is O=C(NCC12CC3CC(CC(C3)C1)C2)c1cc(-c2cnccn2)ccc1Cl. The lowest BCUT2D eigenvalue weighted by Gasteiger charge is -2.56. The largest absolute Gasteiger partial charge is 0.351 e. The number of nitrogens with one attached hydrogen (secondary N) is 1. The van der Waals surface area contributed by atoms with Crippen LogP contribution in [-0.4, -0.2) is 22.4 Å². The summed E-state index contributed by atoms with van der Waals surface area (Å²) >= 11 is 6.34. The van der Waals surface area contributed by atoms with Gasteiger partial charge in [0, 0.05) is 24.5 Å². The number of carbonyl (C=O) groups is 1. The fourth-order valence-electron chi connectivity index (χ4n) is 6.18. The molecule has 4 fully saturated rings. The second kappa shape index (κ2) is 6.59. The molecule has 4 saturated carbocycles. The molecule has 1 aromatic heterocycles. The molecule has 0 spiro atoms. The molecule has 4 bridgehead atoms. The minimum absolute atomic E-state index is 0.0820. The number of nitrogens with zero attached hydrogens (tertiary/aromatic N) is 2. The lowest BCUT2D eigenvalue weighted by Crippen LogP contribution is -2.51. The molecule has 1 amide bonds. The molecule has 27 heavy (non-hydrogen) atoms. The molecule has 6 rings (SSSR count). The second-order valence-electron chi connectivity index (χ2n) is 8.89. The van der Waals surface area contributed by atoms with Crippen LogP contribution < -0.4 is 5.32 Å². The van der Waals surface area contributed by atoms with Crippen molar-refractivity contribution in [1.29, 1.82) is 0 Å². The van der Waals surface area contributed by atoms with Crippen molar-refractivity contribution in [3.8, 4) is 11.3 Å². The van der Waals surface area contributed by atoms with Crippen LogP contribution in [0.15, 0.2) is 36.8 Å². The van der Waals surface area contributed by atoms with E-state index in [4.69, 9.17) is 11.6 Å². The van der Waals surface area contributed by atoms with E-state index < -0.39 is 0 Å². The van der Waals surface area contributed by atoms with E-state index >= 15 is 0 Å². The molecule has 0 atom stereocenters. The quantitative estimate of drug-likeness (QED) is 0.831. The molecule has 1 aromatic carbocycles. The fraction of sp³-hybridized carbons (Fsp3) is 0.500. The van der Waals surface area contributed by atoms with Crippen LogP contribution >= 0.6 is 11.6 Å². The van der Waals surface area contributed by atoms with E-state index in [9.17, 15) is 4.79 Å². The summed E-state index contributed by atoms with van der Waals surface area (Å²) in [5.41, 5.74) is 2.43. The molecule has 0 unspecified atom stereocenters. The Morgan fingerprint density at radius 3 is 2.44 bits per heavy atom. The van der Waals surface area contributed by atoms with Crippen LogP contribution in [-0.2, 0) is 0 Å². The average Bonchev–Trinajstić information content (AvgIpc) is 2.66. The summed E-state index contributed by atoms with van der Waals surface area (Å²) in [6, 6.07) is 5.47. The van der Waals surface area contributed by atoms with Gasteiger partial charge >= 0.3 is 0 Å². The minimum Gasteiger partial charge on any atom is -0.351 e. The maximum atomic E-state index is 12.9. The van der Waals surface area contributed by atoms with Crippen molar-refractivity contribution < 1.29 is 4.79 Å². The lowest BCUT2D eigenvalue weighted by atomic mass is 9.49. The Bertz CT molecular complexity index is 832. The number of aromatic nitrogens is 2. The number of carbonyl (C=O) groups excluding carboxylic acids is 1. The molecule has 4 nitrogen and oxygen atoms in total. The summed E-state index contributed by atoms with van der Waals surface area (Å²) in [5.74, 6) is 2.58. The first-order valence-corrected chi connectivity index (χ1v) is 10.3. The molecule has 0 aliphatic heterocycles. The Balaban J connectivity index is 1.33. The zero-order valence-corrected chi connectivity index (χ0v) is 16.1. The molecule has 4 aliphatic rings. The van der Waals surface area contributed by atoms with Gasteiger partial charge in [0.25, 0.3) is 5.91 Å². The monoisotopic (exact) mass is 381 g/mol. The highest BCUT2D eigenvalue weighted by molar-refractivity contribution is 6.34. The van der Waals surface area contributed by atoms with Gasteiger partial charge in [-0.05, 0) is 73.8 Å². The molecule has 4 aliphatic carbocycles. The Morgan fingerprint density at radius 1 is 1.11 bits per heavy atom. The van der Waals surface area contributed by atoms with Gasteiger partial charge in [-0.2, -0.15) is 0 Å². The highest BCUT2D eigenvalue weighted by Gasteiger charge is 2.50. The first-order chi connectivity index (χ1) is 13.1. The Morgan fingerprint density at radius 2 is 1.81 bits per heavy atom. The van der Waals surface area contributed by atoms with E-state index in [-0.39, 0.29) is 5.91 Å². The summed E-state index contributed by atoms with van der Waals surface area (Å²) in [6.07, 6.45) is 13.1. The third-order valence-electron chi connectivity index (χ3n) is 6.86. The molecule has 1 heterocycles. The van der Waals surface area contributed by atoms with Gasteiger partial charge < -0.3 is 5.32 Å². The summed E-state index contributed by atoms with van der Waals surface area (Å²) in [6.45, 7) is 0.779. The normalized spacial score (nSPS) is 31.1. The van der Waals surface area contributed by atoms with Crippen molar-refractivity contribution in [1.82, 2.24) is 15.3 Å². The number of amides is 1. The van der Waals surface area contributed by atoms with Crippen LogP contribution in [0.3, 0.4) is 0 Å². The average molecular weight is 382 g/mol. The van der Waals surface area contributed by atoms with Gasteiger partial charge in [-0.1, -0.05) is 17.7 Å². The van der Waals surface area contributed by atoms with Gasteiger partial charge in [0.2, 0.25) is 0 Å². The van der Waals surface area contributed by atoms with E-state index in [0.717, 1.165) is 35.6 Å². The van der Waals surface area contributed by atoms with Gasteiger partial charge in [0.15, 0.2) is 0 Å². The molecular formula is C22H24ClN3O. The van der Waals surface area contributed by atoms with Crippen LogP contribution in [0.2, 0.25) is 5.02 Å². The van der Waals surface area contributed by atoms with Crippen molar-refractivity contribution in [3.63, 3.8) is 0 Å². The van der Waals surface area contributed by atoms with Gasteiger partial charge in [-0.15, -0.1) is 0 Å². The third-order valence-corrected chi connectivity index (χ3v) is 7.19. The van der Waals surface area contributed by atoms with E-state index in [1.54, 1.807) is 24.7 Å². The smallest absolute Gasteiger partial charge is 0.252 e. The number of rotatable bonds is 4. The van der Waals surface area contributed by atoms with E-state index in [2.05, 4.69) is 15.3 Å². The zero-order chi connectivity index (χ0) is 18.4. The Kier molecular flexibility index (Phi) is 4.19. The van der Waals surface area contributed by atoms with Crippen molar-refractivity contribution >= 4 is 17.5 Å². The van der Waals surface area contributed by atoms with Crippen LogP contribution in [0.5, 0.6) is 0 Å². The number of hydrogen-bond acceptors (Lipinski definition) is 3. The molecule has 2 aromatic rings. The van der Waals surface area contributed by atoms with Crippen LogP contribution in [0.1, 0.15) is 48.9 Å². The summed E-state index contributed by atoms with van der Waals surface area (Å²) in [5, 5.41) is 3.69.